The van der Waals surface area contributed by atoms with Crippen molar-refractivity contribution in [3.05, 3.63) is 70.2 Å². The Balaban J connectivity index is 1.57. The third-order valence-corrected chi connectivity index (χ3v) is 4.93. The number of nitrogens with zero attached hydrogens (tertiary/aromatic N) is 2. The molecule has 1 atom stereocenters. The van der Waals surface area contributed by atoms with Gasteiger partial charge in [-0.05, 0) is 42.3 Å². The van der Waals surface area contributed by atoms with Crippen LogP contribution in [-0.4, -0.2) is 53.8 Å². The third kappa shape index (κ3) is 4.66. The lowest BCUT2D eigenvalue weighted by molar-refractivity contribution is -0.134. The highest BCUT2D eigenvalue weighted by molar-refractivity contribution is 6.30. The van der Waals surface area contributed by atoms with Gasteiger partial charge in [-0.25, -0.2) is 8.78 Å². The van der Waals surface area contributed by atoms with E-state index in [9.17, 15) is 18.4 Å². The first-order valence-corrected chi connectivity index (χ1v) is 9.26. The van der Waals surface area contributed by atoms with Crippen molar-refractivity contribution in [3.63, 3.8) is 0 Å². The minimum absolute atomic E-state index is 0.219. The molecule has 0 bridgehead atoms. The van der Waals surface area contributed by atoms with Crippen molar-refractivity contribution in [2.24, 2.45) is 5.73 Å². The first-order valence-electron chi connectivity index (χ1n) is 8.88. The number of amides is 2. The second-order valence-electron chi connectivity index (χ2n) is 6.68. The maximum atomic E-state index is 13.8. The Bertz CT molecular complexity index is 886. The van der Waals surface area contributed by atoms with E-state index in [0.29, 0.717) is 11.4 Å². The zero-order valence-electron chi connectivity index (χ0n) is 15.1. The Hall–Kier alpha value is -2.51. The Labute approximate surface area is 166 Å². The van der Waals surface area contributed by atoms with Gasteiger partial charge < -0.3 is 15.5 Å². The van der Waals surface area contributed by atoms with E-state index in [-0.39, 0.29) is 37.6 Å². The predicted octanol–water partition coefficient (Wildman–Crippen LogP) is 2.47. The van der Waals surface area contributed by atoms with Crippen molar-refractivity contribution in [1.29, 1.82) is 0 Å². The molecule has 2 N–H and O–H groups in total. The van der Waals surface area contributed by atoms with Gasteiger partial charge in [-0.15, -0.1) is 0 Å². The van der Waals surface area contributed by atoms with Crippen LogP contribution in [0.5, 0.6) is 0 Å². The summed E-state index contributed by atoms with van der Waals surface area (Å²) in [6, 6.07) is 9.21. The molecule has 0 aromatic heterocycles. The van der Waals surface area contributed by atoms with Crippen LogP contribution in [0, 0.1) is 11.6 Å². The van der Waals surface area contributed by atoms with E-state index in [2.05, 4.69) is 0 Å². The third-order valence-electron chi connectivity index (χ3n) is 4.70. The maximum absolute atomic E-state index is 13.8. The van der Waals surface area contributed by atoms with E-state index in [4.69, 9.17) is 17.3 Å². The lowest BCUT2D eigenvalue weighted by atomic mass is 10.1. The van der Waals surface area contributed by atoms with Crippen LogP contribution >= 0.6 is 11.6 Å². The SMILES string of the molecule is N[C@@H](Cc1cccc(Cl)c1)C(=O)N1CCN(C(=O)c2cc(F)ccc2F)CC1. The molecule has 0 unspecified atom stereocenters. The molecule has 148 valence electrons. The van der Waals surface area contributed by atoms with Gasteiger partial charge in [0, 0.05) is 31.2 Å². The van der Waals surface area contributed by atoms with Crippen molar-refractivity contribution in [3.8, 4) is 0 Å². The predicted molar refractivity (Wildman–Crippen MR) is 102 cm³/mol. The molecule has 1 fully saturated rings. The number of hydrogen-bond acceptors (Lipinski definition) is 3. The van der Waals surface area contributed by atoms with E-state index < -0.39 is 23.6 Å². The second kappa shape index (κ2) is 8.67. The fraction of sp³-hybridized carbons (Fsp3) is 0.300. The summed E-state index contributed by atoms with van der Waals surface area (Å²) in [5, 5.41) is 0.578. The average molecular weight is 408 g/mol. The first-order chi connectivity index (χ1) is 13.3. The number of piperazine rings is 1. The van der Waals surface area contributed by atoms with Gasteiger partial charge in [-0.1, -0.05) is 23.7 Å². The monoisotopic (exact) mass is 407 g/mol. The van der Waals surface area contributed by atoms with Gasteiger partial charge in [0.05, 0.1) is 11.6 Å². The molecule has 1 heterocycles. The summed E-state index contributed by atoms with van der Waals surface area (Å²) >= 11 is 5.95. The molecule has 3 rings (SSSR count). The van der Waals surface area contributed by atoms with Crippen LogP contribution in [0.1, 0.15) is 15.9 Å². The fourth-order valence-corrected chi connectivity index (χ4v) is 3.41. The topological polar surface area (TPSA) is 66.6 Å². The molecular formula is C20H20ClF2N3O2. The van der Waals surface area contributed by atoms with Crippen LogP contribution in [-0.2, 0) is 11.2 Å². The summed E-state index contributed by atoms with van der Waals surface area (Å²) in [6.45, 7) is 1.02. The smallest absolute Gasteiger partial charge is 0.257 e. The highest BCUT2D eigenvalue weighted by Gasteiger charge is 2.28. The van der Waals surface area contributed by atoms with Crippen LogP contribution in [0.4, 0.5) is 8.78 Å². The number of benzene rings is 2. The van der Waals surface area contributed by atoms with E-state index in [1.807, 2.05) is 6.07 Å². The summed E-state index contributed by atoms with van der Waals surface area (Å²) in [6.07, 6.45) is 0.354. The number of carbonyl (C=O) groups is 2. The summed E-state index contributed by atoms with van der Waals surface area (Å²) < 4.78 is 27.1. The Morgan fingerprint density at radius 2 is 1.71 bits per heavy atom. The molecule has 0 aliphatic carbocycles. The molecule has 2 amide bonds. The number of halogens is 3. The first kappa shape index (κ1) is 20.2. The molecule has 2 aromatic rings. The molecule has 0 radical (unpaired) electrons. The van der Waals surface area contributed by atoms with E-state index in [0.717, 1.165) is 23.8 Å². The number of rotatable bonds is 4. The summed E-state index contributed by atoms with van der Waals surface area (Å²) in [4.78, 5) is 28.0. The largest absolute Gasteiger partial charge is 0.338 e. The van der Waals surface area contributed by atoms with Gasteiger partial charge in [0.1, 0.15) is 11.6 Å². The molecule has 1 aliphatic rings. The van der Waals surface area contributed by atoms with Gasteiger partial charge in [-0.3, -0.25) is 9.59 Å². The summed E-state index contributed by atoms with van der Waals surface area (Å²) in [5.74, 6) is -2.25. The lowest BCUT2D eigenvalue weighted by Gasteiger charge is -2.36. The molecule has 0 spiro atoms. The van der Waals surface area contributed by atoms with E-state index >= 15 is 0 Å². The molecule has 0 saturated carbocycles. The summed E-state index contributed by atoms with van der Waals surface area (Å²) in [5.41, 5.74) is 6.60. The quantitative estimate of drug-likeness (QED) is 0.846. The highest BCUT2D eigenvalue weighted by atomic mass is 35.5. The van der Waals surface area contributed by atoms with E-state index in [1.165, 1.54) is 4.90 Å². The number of hydrogen-bond donors (Lipinski definition) is 1. The Morgan fingerprint density at radius 3 is 2.39 bits per heavy atom. The Morgan fingerprint density at radius 1 is 1.04 bits per heavy atom. The zero-order valence-corrected chi connectivity index (χ0v) is 15.8. The molecule has 8 heteroatoms. The van der Waals surface area contributed by atoms with Crippen LogP contribution < -0.4 is 5.73 Å². The number of nitrogens with two attached hydrogens (primary N) is 1. The van der Waals surface area contributed by atoms with Gasteiger partial charge in [0.25, 0.3) is 5.91 Å². The number of carbonyl (C=O) groups excluding carboxylic acids is 2. The van der Waals surface area contributed by atoms with Gasteiger partial charge >= 0.3 is 0 Å². The fourth-order valence-electron chi connectivity index (χ4n) is 3.20. The normalized spacial score (nSPS) is 15.4. The van der Waals surface area contributed by atoms with Crippen molar-refractivity contribution in [2.75, 3.05) is 26.2 Å². The van der Waals surface area contributed by atoms with Crippen LogP contribution in [0.3, 0.4) is 0 Å². The zero-order chi connectivity index (χ0) is 20.3. The van der Waals surface area contributed by atoms with Crippen LogP contribution in [0.2, 0.25) is 5.02 Å². The van der Waals surface area contributed by atoms with Gasteiger partial charge in [-0.2, -0.15) is 0 Å². The molecule has 28 heavy (non-hydrogen) atoms. The molecule has 1 aliphatic heterocycles. The minimum atomic E-state index is -0.770. The maximum Gasteiger partial charge on any atom is 0.257 e. The van der Waals surface area contributed by atoms with Crippen LogP contribution in [0.25, 0.3) is 0 Å². The van der Waals surface area contributed by atoms with Crippen molar-refractivity contribution in [1.82, 2.24) is 9.80 Å². The van der Waals surface area contributed by atoms with Gasteiger partial charge in [0.15, 0.2) is 0 Å². The van der Waals surface area contributed by atoms with Crippen molar-refractivity contribution < 1.29 is 18.4 Å². The van der Waals surface area contributed by atoms with E-state index in [1.54, 1.807) is 23.1 Å². The molecule has 1 saturated heterocycles. The molecule has 2 aromatic carbocycles. The lowest BCUT2D eigenvalue weighted by Crippen LogP contribution is -2.54. The van der Waals surface area contributed by atoms with Crippen LogP contribution in [0.15, 0.2) is 42.5 Å². The molecule has 5 nitrogen and oxygen atoms in total. The highest BCUT2D eigenvalue weighted by Crippen LogP contribution is 2.16. The Kier molecular flexibility index (Phi) is 6.26. The van der Waals surface area contributed by atoms with Crippen molar-refractivity contribution >= 4 is 23.4 Å². The standard InChI is InChI=1S/C20H20ClF2N3O2/c21-14-3-1-2-13(10-14)11-18(24)20(28)26-8-6-25(7-9-26)19(27)16-12-15(22)4-5-17(16)23/h1-5,10,12,18H,6-9,11,24H2/t18-/m0/s1. The second-order valence-corrected chi connectivity index (χ2v) is 7.12. The van der Waals surface area contributed by atoms with Gasteiger partial charge in [0.2, 0.25) is 5.91 Å². The summed E-state index contributed by atoms with van der Waals surface area (Å²) in [7, 11) is 0. The minimum Gasteiger partial charge on any atom is -0.338 e. The van der Waals surface area contributed by atoms with Crippen molar-refractivity contribution in [2.45, 2.75) is 12.5 Å². The molecular weight excluding hydrogens is 388 g/mol. The average Bonchev–Trinajstić information content (AvgIpc) is 2.69.